The van der Waals surface area contributed by atoms with E-state index in [-0.39, 0.29) is 0 Å². The molecule has 2 unspecified atom stereocenters. The van der Waals surface area contributed by atoms with E-state index in [4.69, 9.17) is 0 Å². The Morgan fingerprint density at radius 2 is 1.81 bits per heavy atom. The lowest BCUT2D eigenvalue weighted by Gasteiger charge is -2.40. The van der Waals surface area contributed by atoms with Gasteiger partial charge in [-0.05, 0) is 44.9 Å². The van der Waals surface area contributed by atoms with Crippen molar-refractivity contribution in [3.05, 3.63) is 70.3 Å². The molecular weight excluding hydrogens is 336 g/mol. The van der Waals surface area contributed by atoms with Crippen molar-refractivity contribution in [2.24, 2.45) is 0 Å². The molecule has 0 aromatic heterocycles. The highest BCUT2D eigenvalue weighted by atomic mass is 19.1. The van der Waals surface area contributed by atoms with Crippen molar-refractivity contribution in [3.8, 4) is 0 Å². The van der Waals surface area contributed by atoms with Gasteiger partial charge in [-0.25, -0.2) is 8.78 Å². The molecule has 1 aliphatic rings. The number of aryl methyl sites for hydroxylation is 2. The zero-order chi connectivity index (χ0) is 18.8. The lowest BCUT2D eigenvalue weighted by atomic mass is 9.90. The number of halogens is 2. The van der Waals surface area contributed by atoms with Crippen LogP contribution in [0.2, 0.25) is 0 Å². The summed E-state index contributed by atoms with van der Waals surface area (Å²) in [7, 11) is 0. The van der Waals surface area contributed by atoms with Gasteiger partial charge in [-0.2, -0.15) is 0 Å². The summed E-state index contributed by atoms with van der Waals surface area (Å²) >= 11 is 0. The summed E-state index contributed by atoms with van der Waals surface area (Å²) in [4.78, 5) is 13.7. The molecule has 1 fully saturated rings. The number of piperidine rings is 1. The van der Waals surface area contributed by atoms with Crippen LogP contribution in [0.3, 0.4) is 0 Å². The van der Waals surface area contributed by atoms with Gasteiger partial charge in [0, 0.05) is 11.6 Å². The average Bonchev–Trinajstić information content (AvgIpc) is 2.56. The SMILES string of the molecule is Cc1cc(C)cc(C(c2ccc(F)cc2F)N2CCCCC2C(=O)O)c1. The maximum absolute atomic E-state index is 14.7. The average molecular weight is 359 g/mol. The van der Waals surface area contributed by atoms with Crippen LogP contribution in [0.1, 0.15) is 47.6 Å². The predicted octanol–water partition coefficient (Wildman–Crippen LogP) is 4.61. The van der Waals surface area contributed by atoms with Crippen LogP contribution in [0.4, 0.5) is 8.78 Å². The van der Waals surface area contributed by atoms with Crippen LogP contribution in [0.5, 0.6) is 0 Å². The molecule has 3 rings (SSSR count). The Morgan fingerprint density at radius 1 is 1.12 bits per heavy atom. The largest absolute Gasteiger partial charge is 0.480 e. The van der Waals surface area contributed by atoms with Crippen LogP contribution in [-0.2, 0) is 4.79 Å². The molecule has 1 N–H and O–H groups in total. The van der Waals surface area contributed by atoms with Gasteiger partial charge in [0.25, 0.3) is 0 Å². The molecule has 0 bridgehead atoms. The quantitative estimate of drug-likeness (QED) is 0.867. The number of hydrogen-bond donors (Lipinski definition) is 1. The van der Waals surface area contributed by atoms with E-state index >= 15 is 0 Å². The zero-order valence-corrected chi connectivity index (χ0v) is 15.0. The standard InChI is InChI=1S/C21H23F2NO2/c1-13-9-14(2)11-15(10-13)20(17-7-6-16(22)12-18(17)23)24-8-4-3-5-19(24)21(25)26/h6-7,9-12,19-20H,3-5,8H2,1-2H3,(H,25,26). The van der Waals surface area contributed by atoms with Crippen molar-refractivity contribution in [3.63, 3.8) is 0 Å². The van der Waals surface area contributed by atoms with Gasteiger partial charge in [0.05, 0.1) is 6.04 Å². The second-order valence-corrected chi connectivity index (χ2v) is 7.08. The van der Waals surface area contributed by atoms with Gasteiger partial charge < -0.3 is 5.11 Å². The molecule has 26 heavy (non-hydrogen) atoms. The highest BCUT2D eigenvalue weighted by molar-refractivity contribution is 5.73. The highest BCUT2D eigenvalue weighted by Gasteiger charge is 2.36. The fourth-order valence-electron chi connectivity index (χ4n) is 3.97. The van der Waals surface area contributed by atoms with Gasteiger partial charge in [0.15, 0.2) is 0 Å². The minimum absolute atomic E-state index is 0.310. The molecule has 0 amide bonds. The molecule has 1 saturated heterocycles. The summed E-state index contributed by atoms with van der Waals surface area (Å²) in [5.74, 6) is -2.19. The van der Waals surface area contributed by atoms with Gasteiger partial charge in [-0.3, -0.25) is 9.69 Å². The topological polar surface area (TPSA) is 40.5 Å². The van der Waals surface area contributed by atoms with Crippen molar-refractivity contribution >= 4 is 5.97 Å². The summed E-state index contributed by atoms with van der Waals surface area (Å²) in [6.07, 6.45) is 2.21. The van der Waals surface area contributed by atoms with E-state index in [9.17, 15) is 18.7 Å². The Balaban J connectivity index is 2.16. The molecule has 0 spiro atoms. The predicted molar refractivity (Wildman–Crippen MR) is 96.1 cm³/mol. The summed E-state index contributed by atoms with van der Waals surface area (Å²) < 4.78 is 28.1. The first-order valence-electron chi connectivity index (χ1n) is 8.88. The first kappa shape index (κ1) is 18.5. The lowest BCUT2D eigenvalue weighted by Crippen LogP contribution is -2.47. The minimum atomic E-state index is -0.901. The normalized spacial score (nSPS) is 19.3. The van der Waals surface area contributed by atoms with Crippen LogP contribution in [-0.4, -0.2) is 28.6 Å². The minimum Gasteiger partial charge on any atom is -0.480 e. The molecule has 2 aromatic carbocycles. The van der Waals surface area contributed by atoms with Crippen LogP contribution in [0, 0.1) is 25.5 Å². The Morgan fingerprint density at radius 3 is 2.42 bits per heavy atom. The lowest BCUT2D eigenvalue weighted by molar-refractivity contribution is -0.145. The third-order valence-electron chi connectivity index (χ3n) is 4.98. The van der Waals surface area contributed by atoms with Crippen molar-refractivity contribution in [2.75, 3.05) is 6.54 Å². The van der Waals surface area contributed by atoms with Crippen molar-refractivity contribution < 1.29 is 18.7 Å². The van der Waals surface area contributed by atoms with E-state index < -0.39 is 29.7 Å². The number of carbonyl (C=O) groups is 1. The van der Waals surface area contributed by atoms with Gasteiger partial charge in [-0.15, -0.1) is 0 Å². The fourth-order valence-corrected chi connectivity index (χ4v) is 3.97. The number of carboxylic acids is 1. The number of aliphatic carboxylic acids is 1. The Labute approximate surface area is 152 Å². The van der Waals surface area contributed by atoms with E-state index in [2.05, 4.69) is 0 Å². The summed E-state index contributed by atoms with van der Waals surface area (Å²) in [6, 6.07) is 8.21. The fraction of sp³-hybridized carbons (Fsp3) is 0.381. The first-order valence-corrected chi connectivity index (χ1v) is 8.88. The molecular formula is C21H23F2NO2. The molecule has 3 nitrogen and oxygen atoms in total. The van der Waals surface area contributed by atoms with Crippen molar-refractivity contribution in [1.82, 2.24) is 4.90 Å². The number of hydrogen-bond acceptors (Lipinski definition) is 2. The third-order valence-corrected chi connectivity index (χ3v) is 4.98. The number of benzene rings is 2. The molecule has 1 aliphatic heterocycles. The van der Waals surface area contributed by atoms with E-state index in [1.807, 2.05) is 36.9 Å². The van der Waals surface area contributed by atoms with E-state index in [0.29, 0.717) is 18.5 Å². The molecule has 0 aliphatic carbocycles. The van der Waals surface area contributed by atoms with E-state index in [1.54, 1.807) is 0 Å². The molecule has 0 radical (unpaired) electrons. The Hall–Kier alpha value is -2.27. The van der Waals surface area contributed by atoms with Crippen LogP contribution in [0.25, 0.3) is 0 Å². The maximum Gasteiger partial charge on any atom is 0.320 e. The van der Waals surface area contributed by atoms with E-state index in [1.165, 1.54) is 12.1 Å². The molecule has 1 heterocycles. The Kier molecular flexibility index (Phi) is 5.37. The number of nitrogens with zero attached hydrogens (tertiary/aromatic N) is 1. The van der Waals surface area contributed by atoms with Crippen molar-refractivity contribution in [1.29, 1.82) is 0 Å². The molecule has 2 atom stereocenters. The van der Waals surface area contributed by atoms with Crippen LogP contribution < -0.4 is 0 Å². The number of carboxylic acid groups (broad SMARTS) is 1. The number of likely N-dealkylation sites (tertiary alicyclic amines) is 1. The second-order valence-electron chi connectivity index (χ2n) is 7.08. The molecule has 5 heteroatoms. The number of rotatable bonds is 4. The van der Waals surface area contributed by atoms with Gasteiger partial charge in [0.1, 0.15) is 17.7 Å². The van der Waals surface area contributed by atoms with E-state index in [0.717, 1.165) is 35.6 Å². The second kappa shape index (κ2) is 7.54. The zero-order valence-electron chi connectivity index (χ0n) is 15.0. The summed E-state index contributed by atoms with van der Waals surface area (Å²) in [5.41, 5.74) is 3.19. The van der Waals surface area contributed by atoms with Crippen molar-refractivity contribution in [2.45, 2.75) is 45.2 Å². The smallest absolute Gasteiger partial charge is 0.320 e. The van der Waals surface area contributed by atoms with Gasteiger partial charge >= 0.3 is 5.97 Å². The third kappa shape index (κ3) is 3.78. The maximum atomic E-state index is 14.7. The molecule has 138 valence electrons. The van der Waals surface area contributed by atoms with Crippen LogP contribution >= 0.6 is 0 Å². The van der Waals surface area contributed by atoms with Gasteiger partial charge in [-0.1, -0.05) is 41.8 Å². The summed E-state index contributed by atoms with van der Waals surface area (Å²) in [6.45, 7) is 4.48. The Bertz CT molecular complexity index is 801. The monoisotopic (exact) mass is 359 g/mol. The van der Waals surface area contributed by atoms with Gasteiger partial charge in [0.2, 0.25) is 0 Å². The summed E-state index contributed by atoms with van der Waals surface area (Å²) in [5, 5.41) is 9.68. The molecule has 2 aromatic rings. The first-order chi connectivity index (χ1) is 12.4. The van der Waals surface area contributed by atoms with Crippen LogP contribution in [0.15, 0.2) is 36.4 Å². The highest BCUT2D eigenvalue weighted by Crippen LogP contribution is 2.36. The molecule has 0 saturated carbocycles.